The van der Waals surface area contributed by atoms with Gasteiger partial charge < -0.3 is 4.74 Å². The second-order valence-corrected chi connectivity index (χ2v) is 4.54. The van der Waals surface area contributed by atoms with Gasteiger partial charge in [-0.3, -0.25) is 0 Å². The Kier molecular flexibility index (Phi) is 4.27. The van der Waals surface area contributed by atoms with Crippen LogP contribution in [0.1, 0.15) is 31.1 Å². The molecule has 0 N–H and O–H groups in total. The van der Waals surface area contributed by atoms with Crippen LogP contribution in [0.3, 0.4) is 0 Å². The Labute approximate surface area is 98.0 Å². The van der Waals surface area contributed by atoms with Crippen LogP contribution < -0.4 is 0 Å². The van der Waals surface area contributed by atoms with Crippen molar-refractivity contribution in [2.24, 2.45) is 5.92 Å². The molecule has 1 unspecified atom stereocenters. The first-order valence-electron chi connectivity index (χ1n) is 4.83. The van der Waals surface area contributed by atoms with Crippen LogP contribution in [0, 0.1) is 5.92 Å². The Morgan fingerprint density at radius 2 is 2.07 bits per heavy atom. The van der Waals surface area contributed by atoms with E-state index >= 15 is 0 Å². The summed E-state index contributed by atoms with van der Waals surface area (Å²) in [7, 11) is 0. The standard InChI is InChI=1S/C11H14BrNO2/c1-7(2)8(3)15-11(14)9-4-5-10(12)13-6-9/h4-8H,1-3H3. The van der Waals surface area contributed by atoms with Crippen molar-refractivity contribution in [2.45, 2.75) is 26.9 Å². The van der Waals surface area contributed by atoms with Crippen LogP contribution in [0.2, 0.25) is 0 Å². The van der Waals surface area contributed by atoms with E-state index in [4.69, 9.17) is 4.74 Å². The average Bonchev–Trinajstić information content (AvgIpc) is 2.18. The third kappa shape index (κ3) is 3.63. The van der Waals surface area contributed by atoms with Gasteiger partial charge in [0, 0.05) is 6.20 Å². The van der Waals surface area contributed by atoms with Crippen LogP contribution in [0.25, 0.3) is 0 Å². The van der Waals surface area contributed by atoms with Crippen LogP contribution >= 0.6 is 15.9 Å². The molecule has 0 radical (unpaired) electrons. The molecule has 82 valence electrons. The minimum absolute atomic E-state index is 0.0823. The highest BCUT2D eigenvalue weighted by Crippen LogP contribution is 2.11. The molecule has 1 rings (SSSR count). The average molecular weight is 272 g/mol. The molecule has 0 aromatic carbocycles. The molecule has 0 fully saturated rings. The smallest absolute Gasteiger partial charge is 0.339 e. The van der Waals surface area contributed by atoms with Crippen molar-refractivity contribution >= 4 is 21.9 Å². The van der Waals surface area contributed by atoms with Gasteiger partial charge in [-0.05, 0) is 40.9 Å². The molecule has 1 aromatic rings. The van der Waals surface area contributed by atoms with Crippen molar-refractivity contribution in [1.29, 1.82) is 0 Å². The van der Waals surface area contributed by atoms with Crippen molar-refractivity contribution in [3.63, 3.8) is 0 Å². The molecule has 0 amide bonds. The number of esters is 1. The molecule has 4 heteroatoms. The minimum atomic E-state index is -0.323. The van der Waals surface area contributed by atoms with Crippen LogP contribution in [-0.2, 0) is 4.74 Å². The highest BCUT2D eigenvalue weighted by atomic mass is 79.9. The van der Waals surface area contributed by atoms with Gasteiger partial charge in [-0.15, -0.1) is 0 Å². The molecule has 0 aliphatic rings. The van der Waals surface area contributed by atoms with Crippen LogP contribution in [0.5, 0.6) is 0 Å². The van der Waals surface area contributed by atoms with Crippen molar-refractivity contribution in [2.75, 3.05) is 0 Å². The van der Waals surface area contributed by atoms with E-state index in [1.54, 1.807) is 12.1 Å². The van der Waals surface area contributed by atoms with E-state index in [0.29, 0.717) is 16.1 Å². The molecule has 0 bridgehead atoms. The van der Waals surface area contributed by atoms with Gasteiger partial charge >= 0.3 is 5.97 Å². The Morgan fingerprint density at radius 1 is 1.40 bits per heavy atom. The van der Waals surface area contributed by atoms with E-state index in [-0.39, 0.29) is 12.1 Å². The molecule has 15 heavy (non-hydrogen) atoms. The predicted octanol–water partition coefficient (Wildman–Crippen LogP) is 3.05. The number of carbonyl (C=O) groups excluding carboxylic acids is 1. The minimum Gasteiger partial charge on any atom is -0.459 e. The van der Waals surface area contributed by atoms with Crippen LogP contribution in [0.15, 0.2) is 22.9 Å². The molecule has 1 aromatic heterocycles. The van der Waals surface area contributed by atoms with Crippen molar-refractivity contribution in [3.05, 3.63) is 28.5 Å². The summed E-state index contributed by atoms with van der Waals surface area (Å²) in [5.41, 5.74) is 0.478. The molecule has 0 aliphatic heterocycles. The Hall–Kier alpha value is -0.900. The predicted molar refractivity (Wildman–Crippen MR) is 61.7 cm³/mol. The first-order chi connectivity index (χ1) is 7.00. The highest BCUT2D eigenvalue weighted by Gasteiger charge is 2.14. The van der Waals surface area contributed by atoms with Crippen LogP contribution in [-0.4, -0.2) is 17.1 Å². The lowest BCUT2D eigenvalue weighted by molar-refractivity contribution is 0.0237. The van der Waals surface area contributed by atoms with Crippen molar-refractivity contribution < 1.29 is 9.53 Å². The van der Waals surface area contributed by atoms with Crippen LogP contribution in [0.4, 0.5) is 0 Å². The summed E-state index contributed by atoms with van der Waals surface area (Å²) in [5, 5.41) is 0. The maximum atomic E-state index is 11.6. The molecule has 0 saturated carbocycles. The Bertz CT molecular complexity index is 335. The first kappa shape index (κ1) is 12.2. The van der Waals surface area contributed by atoms with Gasteiger partial charge in [-0.2, -0.15) is 0 Å². The van der Waals surface area contributed by atoms with Crippen molar-refractivity contribution in [3.8, 4) is 0 Å². The third-order valence-electron chi connectivity index (χ3n) is 2.19. The van der Waals surface area contributed by atoms with Gasteiger partial charge in [0.25, 0.3) is 0 Å². The lowest BCUT2D eigenvalue weighted by atomic mass is 10.1. The summed E-state index contributed by atoms with van der Waals surface area (Å²) in [6.07, 6.45) is 1.42. The monoisotopic (exact) mass is 271 g/mol. The van der Waals surface area contributed by atoms with E-state index in [9.17, 15) is 4.79 Å². The number of hydrogen-bond donors (Lipinski definition) is 0. The molecule has 0 spiro atoms. The zero-order valence-corrected chi connectivity index (χ0v) is 10.6. The summed E-state index contributed by atoms with van der Waals surface area (Å²) in [4.78, 5) is 15.6. The molecule has 0 aliphatic carbocycles. The lowest BCUT2D eigenvalue weighted by Gasteiger charge is -2.16. The van der Waals surface area contributed by atoms with Gasteiger partial charge in [0.15, 0.2) is 0 Å². The fourth-order valence-electron chi connectivity index (χ4n) is 0.870. The molecule has 0 saturated heterocycles. The van der Waals surface area contributed by atoms with E-state index < -0.39 is 0 Å². The van der Waals surface area contributed by atoms with Gasteiger partial charge in [0.1, 0.15) is 10.7 Å². The van der Waals surface area contributed by atoms with E-state index in [2.05, 4.69) is 20.9 Å². The SMILES string of the molecule is CC(C)C(C)OC(=O)c1ccc(Br)nc1. The summed E-state index contributed by atoms with van der Waals surface area (Å²) in [6.45, 7) is 5.91. The fourth-order valence-corrected chi connectivity index (χ4v) is 1.10. The Morgan fingerprint density at radius 3 is 2.53 bits per heavy atom. The molecule has 3 nitrogen and oxygen atoms in total. The number of pyridine rings is 1. The van der Waals surface area contributed by atoms with E-state index in [1.807, 2.05) is 20.8 Å². The van der Waals surface area contributed by atoms with Gasteiger partial charge in [-0.1, -0.05) is 13.8 Å². The largest absolute Gasteiger partial charge is 0.459 e. The van der Waals surface area contributed by atoms with Gasteiger partial charge in [0.2, 0.25) is 0 Å². The zero-order valence-electron chi connectivity index (χ0n) is 9.03. The maximum absolute atomic E-state index is 11.6. The summed E-state index contributed by atoms with van der Waals surface area (Å²) in [5.74, 6) is -0.00597. The number of ether oxygens (including phenoxy) is 1. The fraction of sp³-hybridized carbons (Fsp3) is 0.455. The lowest BCUT2D eigenvalue weighted by Crippen LogP contribution is -2.20. The number of aromatic nitrogens is 1. The number of rotatable bonds is 3. The highest BCUT2D eigenvalue weighted by molar-refractivity contribution is 9.10. The van der Waals surface area contributed by atoms with E-state index in [1.165, 1.54) is 6.20 Å². The maximum Gasteiger partial charge on any atom is 0.339 e. The van der Waals surface area contributed by atoms with Gasteiger partial charge in [-0.25, -0.2) is 9.78 Å². The van der Waals surface area contributed by atoms with Gasteiger partial charge in [0.05, 0.1) is 5.56 Å². The Balaban J connectivity index is 2.65. The summed E-state index contributed by atoms with van der Waals surface area (Å²) >= 11 is 3.21. The second kappa shape index (κ2) is 5.26. The third-order valence-corrected chi connectivity index (χ3v) is 2.66. The summed E-state index contributed by atoms with van der Waals surface area (Å²) < 4.78 is 5.95. The number of carbonyl (C=O) groups is 1. The quantitative estimate of drug-likeness (QED) is 0.627. The molecule has 1 heterocycles. The number of hydrogen-bond acceptors (Lipinski definition) is 3. The molecular formula is C11H14BrNO2. The molecular weight excluding hydrogens is 258 g/mol. The summed E-state index contributed by atoms with van der Waals surface area (Å²) in [6, 6.07) is 3.41. The molecule has 1 atom stereocenters. The number of nitrogens with zero attached hydrogens (tertiary/aromatic N) is 1. The topological polar surface area (TPSA) is 39.2 Å². The van der Waals surface area contributed by atoms with Crippen molar-refractivity contribution in [1.82, 2.24) is 4.98 Å². The normalized spacial score (nSPS) is 12.6. The van der Waals surface area contributed by atoms with E-state index in [0.717, 1.165) is 0 Å². The number of halogens is 1. The first-order valence-corrected chi connectivity index (χ1v) is 5.62. The second-order valence-electron chi connectivity index (χ2n) is 3.72. The zero-order chi connectivity index (χ0) is 11.4.